The summed E-state index contributed by atoms with van der Waals surface area (Å²) in [4.78, 5) is 1.46. The third-order valence-corrected chi connectivity index (χ3v) is 2.89. The first-order valence-corrected chi connectivity index (χ1v) is 4.01. The maximum absolute atomic E-state index is 2.24. The normalized spacial score (nSPS) is 22.6. The molecule has 46 valence electrons. The summed E-state index contributed by atoms with van der Waals surface area (Å²) in [7, 11) is 0. The van der Waals surface area contributed by atoms with Crippen LogP contribution < -0.4 is 0 Å². The van der Waals surface area contributed by atoms with Gasteiger partial charge in [0.1, 0.15) is 0 Å². The molecule has 0 spiro atoms. The second-order valence-electron chi connectivity index (χ2n) is 2.30. The van der Waals surface area contributed by atoms with E-state index in [9.17, 15) is 0 Å². The molecule has 0 nitrogen and oxygen atoms in total. The van der Waals surface area contributed by atoms with Crippen LogP contribution in [0.1, 0.15) is 17.7 Å². The summed E-state index contributed by atoms with van der Waals surface area (Å²) in [6.45, 7) is 2.24. The van der Waals surface area contributed by atoms with Crippen molar-refractivity contribution in [2.24, 2.45) is 0 Å². The Hall–Kier alpha value is -0.430. The van der Waals surface area contributed by atoms with Crippen molar-refractivity contribution in [3.63, 3.8) is 0 Å². The van der Waals surface area contributed by atoms with Crippen molar-refractivity contribution in [2.45, 2.75) is 17.1 Å². The molecule has 0 fully saturated rings. The van der Waals surface area contributed by atoms with Crippen molar-refractivity contribution < 1.29 is 0 Å². The SMILES string of the molecule is CC1Sc2ccccc21. The highest BCUT2D eigenvalue weighted by Gasteiger charge is 2.20. The zero-order chi connectivity index (χ0) is 6.27. The first kappa shape index (κ1) is 5.36. The second kappa shape index (κ2) is 1.77. The number of hydrogen-bond acceptors (Lipinski definition) is 1. The van der Waals surface area contributed by atoms with E-state index in [4.69, 9.17) is 0 Å². The Kier molecular flexibility index (Phi) is 1.06. The Morgan fingerprint density at radius 3 is 2.67 bits per heavy atom. The molecule has 1 aromatic carbocycles. The minimum Gasteiger partial charge on any atom is -0.118 e. The molecule has 1 atom stereocenters. The van der Waals surface area contributed by atoms with Gasteiger partial charge in [-0.1, -0.05) is 18.2 Å². The monoisotopic (exact) mass is 136 g/mol. The molecule has 1 aromatic rings. The van der Waals surface area contributed by atoms with Gasteiger partial charge in [0, 0.05) is 10.1 Å². The topological polar surface area (TPSA) is 0 Å². The van der Waals surface area contributed by atoms with Crippen LogP contribution in [0.4, 0.5) is 0 Å². The van der Waals surface area contributed by atoms with Gasteiger partial charge in [-0.25, -0.2) is 0 Å². The fourth-order valence-corrected chi connectivity index (χ4v) is 2.19. The molecule has 0 saturated heterocycles. The Morgan fingerprint density at radius 1 is 1.33 bits per heavy atom. The van der Waals surface area contributed by atoms with Crippen molar-refractivity contribution in [3.05, 3.63) is 29.8 Å². The predicted molar refractivity (Wildman–Crippen MR) is 40.7 cm³/mol. The van der Waals surface area contributed by atoms with Crippen LogP contribution in [0.15, 0.2) is 29.2 Å². The lowest BCUT2D eigenvalue weighted by molar-refractivity contribution is 0.992. The quantitative estimate of drug-likeness (QED) is 0.528. The van der Waals surface area contributed by atoms with E-state index in [-0.39, 0.29) is 0 Å². The smallest absolute Gasteiger partial charge is 0.0327 e. The second-order valence-corrected chi connectivity index (χ2v) is 3.68. The van der Waals surface area contributed by atoms with Gasteiger partial charge in [0.25, 0.3) is 0 Å². The van der Waals surface area contributed by atoms with Crippen LogP contribution in [-0.4, -0.2) is 0 Å². The zero-order valence-corrected chi connectivity index (χ0v) is 6.11. The van der Waals surface area contributed by atoms with Gasteiger partial charge in [-0.3, -0.25) is 0 Å². The third-order valence-electron chi connectivity index (χ3n) is 1.66. The fraction of sp³-hybridized carbons (Fsp3) is 0.250. The van der Waals surface area contributed by atoms with Gasteiger partial charge in [0.2, 0.25) is 0 Å². The lowest BCUT2D eigenvalue weighted by atomic mass is 10.1. The minimum atomic E-state index is 0.737. The van der Waals surface area contributed by atoms with Gasteiger partial charge in [-0.15, -0.1) is 11.8 Å². The molecule has 0 bridgehead atoms. The molecule has 1 heteroatoms. The van der Waals surface area contributed by atoms with Crippen molar-refractivity contribution >= 4 is 11.8 Å². The Morgan fingerprint density at radius 2 is 2.11 bits per heavy atom. The number of fused-ring (bicyclic) bond motifs is 1. The Balaban J connectivity index is 2.51. The van der Waals surface area contributed by atoms with Crippen molar-refractivity contribution in [1.29, 1.82) is 0 Å². The van der Waals surface area contributed by atoms with Crippen molar-refractivity contribution in [2.75, 3.05) is 0 Å². The molecular weight excluding hydrogens is 128 g/mol. The van der Waals surface area contributed by atoms with Gasteiger partial charge in [-0.05, 0) is 18.6 Å². The van der Waals surface area contributed by atoms with Crippen LogP contribution in [0.3, 0.4) is 0 Å². The molecule has 0 aromatic heterocycles. The summed E-state index contributed by atoms with van der Waals surface area (Å²) < 4.78 is 0. The molecule has 0 radical (unpaired) electrons. The Labute approximate surface area is 59.3 Å². The van der Waals surface area contributed by atoms with E-state index in [0.29, 0.717) is 0 Å². The van der Waals surface area contributed by atoms with Crippen LogP contribution >= 0.6 is 11.8 Å². The fourth-order valence-electron chi connectivity index (χ4n) is 1.12. The first-order chi connectivity index (χ1) is 4.38. The van der Waals surface area contributed by atoms with E-state index in [1.165, 1.54) is 10.5 Å². The number of hydrogen-bond donors (Lipinski definition) is 0. The van der Waals surface area contributed by atoms with E-state index in [1.807, 2.05) is 11.8 Å². The van der Waals surface area contributed by atoms with E-state index in [0.717, 1.165) is 5.25 Å². The molecule has 0 amide bonds. The van der Waals surface area contributed by atoms with Gasteiger partial charge in [0.05, 0.1) is 0 Å². The average molecular weight is 136 g/mol. The van der Waals surface area contributed by atoms with Crippen molar-refractivity contribution in [1.82, 2.24) is 0 Å². The lowest BCUT2D eigenvalue weighted by Gasteiger charge is -2.24. The van der Waals surface area contributed by atoms with Crippen LogP contribution in [0.2, 0.25) is 0 Å². The Bertz CT molecular complexity index is 230. The highest BCUT2D eigenvalue weighted by Crippen LogP contribution is 2.48. The van der Waals surface area contributed by atoms with Crippen LogP contribution in [0.25, 0.3) is 0 Å². The molecule has 1 unspecified atom stereocenters. The van der Waals surface area contributed by atoms with Gasteiger partial charge >= 0.3 is 0 Å². The molecular formula is C8H8S. The van der Waals surface area contributed by atoms with Crippen LogP contribution in [0.5, 0.6) is 0 Å². The summed E-state index contributed by atoms with van der Waals surface area (Å²) in [6, 6.07) is 8.59. The maximum atomic E-state index is 2.24. The number of rotatable bonds is 0. The zero-order valence-electron chi connectivity index (χ0n) is 5.29. The summed E-state index contributed by atoms with van der Waals surface area (Å²) in [6.07, 6.45) is 0. The summed E-state index contributed by atoms with van der Waals surface area (Å²) >= 11 is 1.95. The summed E-state index contributed by atoms with van der Waals surface area (Å²) in [5.74, 6) is 0. The molecule has 1 aliphatic heterocycles. The maximum Gasteiger partial charge on any atom is 0.0327 e. The van der Waals surface area contributed by atoms with E-state index < -0.39 is 0 Å². The standard InChI is InChI=1S/C8H8S/c1-6-7-4-2-3-5-8(7)9-6/h2-6H,1H3. The third kappa shape index (κ3) is 0.681. The van der Waals surface area contributed by atoms with Crippen LogP contribution in [-0.2, 0) is 0 Å². The lowest BCUT2D eigenvalue weighted by Crippen LogP contribution is -2.00. The largest absolute Gasteiger partial charge is 0.118 e. The molecule has 0 N–H and O–H groups in total. The highest BCUT2D eigenvalue weighted by atomic mass is 32.2. The predicted octanol–water partition coefficient (Wildman–Crippen LogP) is 2.85. The molecule has 1 aliphatic rings. The number of thioether (sulfide) groups is 1. The minimum absolute atomic E-state index is 0.737. The summed E-state index contributed by atoms with van der Waals surface area (Å²) in [5, 5.41) is 0.737. The van der Waals surface area contributed by atoms with E-state index in [1.54, 1.807) is 0 Å². The van der Waals surface area contributed by atoms with Gasteiger partial charge in [-0.2, -0.15) is 0 Å². The first-order valence-electron chi connectivity index (χ1n) is 3.13. The van der Waals surface area contributed by atoms with Crippen LogP contribution in [0, 0.1) is 0 Å². The average Bonchev–Trinajstić information content (AvgIpc) is 1.86. The van der Waals surface area contributed by atoms with Gasteiger partial charge < -0.3 is 0 Å². The highest BCUT2D eigenvalue weighted by molar-refractivity contribution is 8.01. The molecule has 0 aliphatic carbocycles. The molecule has 0 saturated carbocycles. The summed E-state index contributed by atoms with van der Waals surface area (Å²) in [5.41, 5.74) is 1.52. The van der Waals surface area contributed by atoms with Gasteiger partial charge in [0.15, 0.2) is 0 Å². The van der Waals surface area contributed by atoms with Crippen molar-refractivity contribution in [3.8, 4) is 0 Å². The number of benzene rings is 1. The van der Waals surface area contributed by atoms with E-state index >= 15 is 0 Å². The molecule has 9 heavy (non-hydrogen) atoms. The molecule has 1 heterocycles. The van der Waals surface area contributed by atoms with E-state index in [2.05, 4.69) is 31.2 Å². The molecule has 2 rings (SSSR count).